The molecule has 0 atom stereocenters. The van der Waals surface area contributed by atoms with E-state index in [-0.39, 0.29) is 16.6 Å². The molecule has 0 saturated heterocycles. The van der Waals surface area contributed by atoms with E-state index in [1.54, 1.807) is 30.4 Å². The Bertz CT molecular complexity index is 1120. The molecule has 0 saturated carbocycles. The molecule has 0 aliphatic heterocycles. The molecule has 6 nitrogen and oxygen atoms in total. The molecular weight excluding hydrogens is 408 g/mol. The second-order valence-corrected chi connectivity index (χ2v) is 9.27. The van der Waals surface area contributed by atoms with Crippen molar-refractivity contribution in [2.45, 2.75) is 32.1 Å². The highest BCUT2D eigenvalue weighted by Gasteiger charge is 2.19. The number of amides is 1. The summed E-state index contributed by atoms with van der Waals surface area (Å²) in [7, 11) is -3.95. The standard InChI is InChI=1S/C21H22N2O4S2/c1-14-4-5-15(2)20(12-14)29(25,26)27-19-8-6-17(7-9-19)21(24)22-11-10-18-13-28-16(3)23-18/h4-9,12-13H,10-11H2,1-3H3,(H,22,24). The summed E-state index contributed by atoms with van der Waals surface area (Å²) in [4.78, 5) is 16.7. The van der Waals surface area contributed by atoms with Crippen LogP contribution < -0.4 is 9.50 Å². The van der Waals surface area contributed by atoms with Crippen molar-refractivity contribution in [1.29, 1.82) is 0 Å². The molecule has 152 valence electrons. The molecule has 0 aliphatic rings. The maximum absolute atomic E-state index is 12.6. The third kappa shape index (κ3) is 5.42. The zero-order valence-electron chi connectivity index (χ0n) is 16.4. The van der Waals surface area contributed by atoms with Crippen LogP contribution in [0, 0.1) is 20.8 Å². The average Bonchev–Trinajstić information content (AvgIpc) is 3.09. The quantitative estimate of drug-likeness (QED) is 0.576. The zero-order chi connectivity index (χ0) is 21.0. The van der Waals surface area contributed by atoms with Gasteiger partial charge in [-0.1, -0.05) is 12.1 Å². The molecule has 1 heterocycles. The summed E-state index contributed by atoms with van der Waals surface area (Å²) in [6.07, 6.45) is 0.658. The lowest BCUT2D eigenvalue weighted by atomic mass is 10.2. The van der Waals surface area contributed by atoms with E-state index >= 15 is 0 Å². The summed E-state index contributed by atoms with van der Waals surface area (Å²) in [5.41, 5.74) is 2.82. The van der Waals surface area contributed by atoms with Crippen LogP contribution in [0.25, 0.3) is 0 Å². The third-order valence-corrected chi connectivity index (χ3v) is 6.48. The number of rotatable bonds is 7. The van der Waals surface area contributed by atoms with Gasteiger partial charge < -0.3 is 9.50 Å². The number of thiazole rings is 1. The lowest BCUT2D eigenvalue weighted by molar-refractivity contribution is 0.0954. The first kappa shape index (κ1) is 21.0. The number of carbonyl (C=O) groups is 1. The smallest absolute Gasteiger partial charge is 0.339 e. The van der Waals surface area contributed by atoms with Crippen LogP contribution in [0.5, 0.6) is 5.75 Å². The van der Waals surface area contributed by atoms with Crippen LogP contribution in [0.4, 0.5) is 0 Å². The van der Waals surface area contributed by atoms with Gasteiger partial charge in [0.25, 0.3) is 5.91 Å². The van der Waals surface area contributed by atoms with Crippen molar-refractivity contribution in [3.8, 4) is 5.75 Å². The number of aryl methyl sites for hydroxylation is 3. The number of hydrogen-bond acceptors (Lipinski definition) is 6. The summed E-state index contributed by atoms with van der Waals surface area (Å²) in [6.45, 7) is 5.95. The fraction of sp³-hybridized carbons (Fsp3) is 0.238. The van der Waals surface area contributed by atoms with E-state index in [9.17, 15) is 13.2 Å². The molecule has 0 spiro atoms. The maximum atomic E-state index is 12.6. The van der Waals surface area contributed by atoms with Gasteiger partial charge >= 0.3 is 10.1 Å². The van der Waals surface area contributed by atoms with Gasteiger partial charge in [0.1, 0.15) is 10.6 Å². The molecular formula is C21H22N2O4S2. The fourth-order valence-corrected chi connectivity index (χ4v) is 4.63. The Morgan fingerprint density at radius 2 is 1.83 bits per heavy atom. The van der Waals surface area contributed by atoms with Gasteiger partial charge in [0.2, 0.25) is 0 Å². The minimum atomic E-state index is -3.95. The van der Waals surface area contributed by atoms with Crippen molar-refractivity contribution in [2.75, 3.05) is 6.54 Å². The van der Waals surface area contributed by atoms with Gasteiger partial charge in [-0.3, -0.25) is 4.79 Å². The highest BCUT2D eigenvalue weighted by molar-refractivity contribution is 7.87. The Balaban J connectivity index is 1.62. The Morgan fingerprint density at radius 1 is 1.10 bits per heavy atom. The lowest BCUT2D eigenvalue weighted by Crippen LogP contribution is -2.25. The van der Waals surface area contributed by atoms with Gasteiger partial charge in [-0.2, -0.15) is 8.42 Å². The van der Waals surface area contributed by atoms with E-state index in [4.69, 9.17) is 4.18 Å². The van der Waals surface area contributed by atoms with Gasteiger partial charge in [-0.25, -0.2) is 4.98 Å². The predicted octanol–water partition coefficient (Wildman–Crippen LogP) is 3.81. The first-order valence-electron chi connectivity index (χ1n) is 9.05. The Morgan fingerprint density at radius 3 is 2.48 bits per heavy atom. The largest absolute Gasteiger partial charge is 0.379 e. The molecule has 0 unspecified atom stereocenters. The van der Waals surface area contributed by atoms with Crippen molar-refractivity contribution in [1.82, 2.24) is 10.3 Å². The van der Waals surface area contributed by atoms with Crippen LogP contribution in [0.15, 0.2) is 52.7 Å². The second-order valence-electron chi connectivity index (χ2n) is 6.69. The van der Waals surface area contributed by atoms with Crippen LogP contribution in [-0.2, 0) is 16.5 Å². The molecule has 0 aliphatic carbocycles. The maximum Gasteiger partial charge on any atom is 0.339 e. The Labute approximate surface area is 174 Å². The first-order chi connectivity index (χ1) is 13.7. The monoisotopic (exact) mass is 430 g/mol. The van der Waals surface area contributed by atoms with Crippen molar-refractivity contribution in [3.63, 3.8) is 0 Å². The van der Waals surface area contributed by atoms with Gasteiger partial charge in [-0.15, -0.1) is 11.3 Å². The summed E-state index contributed by atoms with van der Waals surface area (Å²) in [5.74, 6) is -0.0821. The molecule has 3 aromatic rings. The second kappa shape index (κ2) is 8.75. The summed E-state index contributed by atoms with van der Waals surface area (Å²) in [5, 5.41) is 5.80. The van der Waals surface area contributed by atoms with Gasteiger partial charge in [-0.05, 0) is 62.2 Å². The summed E-state index contributed by atoms with van der Waals surface area (Å²) >= 11 is 1.58. The molecule has 3 rings (SSSR count). The van der Waals surface area contributed by atoms with Crippen LogP contribution >= 0.6 is 11.3 Å². The van der Waals surface area contributed by atoms with Crippen molar-refractivity contribution >= 4 is 27.4 Å². The van der Waals surface area contributed by atoms with E-state index in [1.165, 1.54) is 24.3 Å². The Hall–Kier alpha value is -2.71. The van der Waals surface area contributed by atoms with Crippen LogP contribution in [0.2, 0.25) is 0 Å². The summed E-state index contributed by atoms with van der Waals surface area (Å²) in [6, 6.07) is 11.2. The molecule has 0 bridgehead atoms. The first-order valence-corrected chi connectivity index (χ1v) is 11.3. The number of aromatic nitrogens is 1. The average molecular weight is 431 g/mol. The molecule has 1 aromatic heterocycles. The number of hydrogen-bond donors (Lipinski definition) is 1. The topological polar surface area (TPSA) is 85.4 Å². The molecule has 2 aromatic carbocycles. The molecule has 0 fully saturated rings. The van der Waals surface area contributed by atoms with Gasteiger partial charge in [0.15, 0.2) is 0 Å². The number of benzene rings is 2. The predicted molar refractivity (Wildman–Crippen MR) is 113 cm³/mol. The van der Waals surface area contributed by atoms with E-state index < -0.39 is 10.1 Å². The third-order valence-electron chi connectivity index (χ3n) is 4.27. The van der Waals surface area contributed by atoms with Crippen molar-refractivity contribution < 1.29 is 17.4 Å². The highest BCUT2D eigenvalue weighted by Crippen LogP contribution is 2.22. The van der Waals surface area contributed by atoms with Crippen molar-refractivity contribution in [2.24, 2.45) is 0 Å². The minimum Gasteiger partial charge on any atom is -0.379 e. The molecule has 29 heavy (non-hydrogen) atoms. The van der Waals surface area contributed by atoms with Gasteiger partial charge in [0.05, 0.1) is 10.7 Å². The number of carbonyl (C=O) groups excluding carboxylic acids is 1. The van der Waals surface area contributed by atoms with Crippen LogP contribution in [-0.4, -0.2) is 25.9 Å². The van der Waals surface area contributed by atoms with E-state index in [2.05, 4.69) is 10.3 Å². The number of nitrogens with zero attached hydrogens (tertiary/aromatic N) is 1. The number of nitrogens with one attached hydrogen (secondary N) is 1. The molecule has 1 N–H and O–H groups in total. The molecule has 1 amide bonds. The fourth-order valence-electron chi connectivity index (χ4n) is 2.74. The minimum absolute atomic E-state index is 0.136. The van der Waals surface area contributed by atoms with Gasteiger partial charge in [0, 0.05) is 23.9 Å². The Kier molecular flexibility index (Phi) is 6.34. The SMILES string of the molecule is Cc1ccc(C)c(S(=O)(=O)Oc2ccc(C(=O)NCCc3csc(C)n3)cc2)c1. The lowest BCUT2D eigenvalue weighted by Gasteiger charge is -2.10. The normalized spacial score (nSPS) is 11.3. The van der Waals surface area contributed by atoms with Crippen LogP contribution in [0.3, 0.4) is 0 Å². The molecule has 0 radical (unpaired) electrons. The van der Waals surface area contributed by atoms with Crippen LogP contribution in [0.1, 0.15) is 32.2 Å². The zero-order valence-corrected chi connectivity index (χ0v) is 18.1. The summed E-state index contributed by atoms with van der Waals surface area (Å²) < 4.78 is 30.4. The van der Waals surface area contributed by atoms with E-state index in [0.29, 0.717) is 24.1 Å². The van der Waals surface area contributed by atoms with Crippen molar-refractivity contribution in [3.05, 3.63) is 75.2 Å². The molecule has 8 heteroatoms. The van der Waals surface area contributed by atoms with E-state index in [1.807, 2.05) is 25.3 Å². The highest BCUT2D eigenvalue weighted by atomic mass is 32.2. The van der Waals surface area contributed by atoms with E-state index in [0.717, 1.165) is 16.3 Å².